The first kappa shape index (κ1) is 29.4. The lowest BCUT2D eigenvalue weighted by Gasteiger charge is -2.13. The van der Waals surface area contributed by atoms with Gasteiger partial charge < -0.3 is 19.8 Å². The van der Waals surface area contributed by atoms with E-state index in [0.717, 1.165) is 0 Å². The molecule has 0 unspecified atom stereocenters. The third-order valence-corrected chi connectivity index (χ3v) is 6.12. The number of esters is 1. The van der Waals surface area contributed by atoms with Crippen LogP contribution in [0, 0.1) is 17.1 Å². The minimum Gasteiger partial charge on any atom is -0.453 e. The van der Waals surface area contributed by atoms with E-state index in [2.05, 4.69) is 15.0 Å². The Kier molecular flexibility index (Phi) is 8.23. The van der Waals surface area contributed by atoms with E-state index in [9.17, 15) is 27.6 Å². The van der Waals surface area contributed by atoms with Crippen LogP contribution >= 0.6 is 23.2 Å². The van der Waals surface area contributed by atoms with Crippen molar-refractivity contribution in [2.75, 3.05) is 0 Å². The summed E-state index contributed by atoms with van der Waals surface area (Å²) in [6.45, 7) is 0.716. The Bertz CT molecular complexity index is 1760. The summed E-state index contributed by atoms with van der Waals surface area (Å²) in [6, 6.07) is 12.2. The molecule has 0 aliphatic carbocycles. The molecule has 0 saturated heterocycles. The van der Waals surface area contributed by atoms with Crippen LogP contribution in [0.3, 0.4) is 0 Å². The van der Waals surface area contributed by atoms with Gasteiger partial charge in [-0.25, -0.2) is 9.18 Å². The quantitative estimate of drug-likeness (QED) is 0.134. The zero-order valence-corrected chi connectivity index (χ0v) is 22.1. The number of aromatic amines is 1. The predicted molar refractivity (Wildman–Crippen MR) is 139 cm³/mol. The van der Waals surface area contributed by atoms with Crippen molar-refractivity contribution >= 4 is 51.8 Å². The molecule has 3 aromatic carbocycles. The SMILES string of the molecule is CC(=O)c1ccc2[nH]c(C(=O)NCc3ccc(Cl)c(Oc4cc(Cl)cc(C#N)c4)c3F)c(OC(=O)C(F)(F)F)c2c1. The van der Waals surface area contributed by atoms with Gasteiger partial charge in [0.1, 0.15) is 11.4 Å². The molecule has 0 aliphatic rings. The Balaban J connectivity index is 1.64. The van der Waals surface area contributed by atoms with Gasteiger partial charge in [-0.2, -0.15) is 18.4 Å². The lowest BCUT2D eigenvalue weighted by molar-refractivity contribution is -0.189. The van der Waals surface area contributed by atoms with Crippen LogP contribution in [0.2, 0.25) is 10.0 Å². The van der Waals surface area contributed by atoms with Gasteiger partial charge in [0.2, 0.25) is 0 Å². The molecule has 4 rings (SSSR count). The Hall–Kier alpha value is -4.60. The second-order valence-electron chi connectivity index (χ2n) is 8.45. The third kappa shape index (κ3) is 6.42. The molecular formula is C27H15Cl2F4N3O5. The first-order valence-electron chi connectivity index (χ1n) is 11.4. The van der Waals surface area contributed by atoms with Crippen molar-refractivity contribution in [2.45, 2.75) is 19.6 Å². The molecule has 1 amide bonds. The van der Waals surface area contributed by atoms with Gasteiger partial charge in [0.05, 0.1) is 16.7 Å². The number of Topliss-reactive ketones (excluding diaryl/α,β-unsaturated/α-hetero) is 1. The van der Waals surface area contributed by atoms with E-state index in [1.165, 1.54) is 55.5 Å². The molecular weight excluding hydrogens is 593 g/mol. The van der Waals surface area contributed by atoms with Crippen LogP contribution in [0.1, 0.15) is 38.9 Å². The maximum absolute atomic E-state index is 15.3. The van der Waals surface area contributed by atoms with Crippen molar-refractivity contribution in [3.8, 4) is 23.3 Å². The number of ether oxygens (including phenoxy) is 2. The van der Waals surface area contributed by atoms with E-state index in [0.29, 0.717) is 0 Å². The van der Waals surface area contributed by atoms with Gasteiger partial charge >= 0.3 is 12.1 Å². The number of rotatable bonds is 7. The van der Waals surface area contributed by atoms with Gasteiger partial charge in [0, 0.05) is 33.6 Å². The predicted octanol–water partition coefficient (Wildman–Crippen LogP) is 6.88. The zero-order valence-electron chi connectivity index (χ0n) is 20.6. The fourth-order valence-electron chi connectivity index (χ4n) is 3.67. The minimum absolute atomic E-state index is 0.00941. The number of H-pyrrole nitrogens is 1. The average molecular weight is 608 g/mol. The number of hydrogen-bond donors (Lipinski definition) is 2. The number of carbonyl (C=O) groups excluding carboxylic acids is 3. The maximum Gasteiger partial charge on any atom is 0.491 e. The molecule has 41 heavy (non-hydrogen) atoms. The zero-order chi connectivity index (χ0) is 30.1. The van der Waals surface area contributed by atoms with Crippen LogP contribution in [-0.4, -0.2) is 28.8 Å². The number of ketones is 1. The Morgan fingerprint density at radius 1 is 1.05 bits per heavy atom. The van der Waals surface area contributed by atoms with Crippen molar-refractivity contribution in [2.24, 2.45) is 0 Å². The highest BCUT2D eigenvalue weighted by Crippen LogP contribution is 2.36. The summed E-state index contributed by atoms with van der Waals surface area (Å²) in [4.78, 5) is 39.0. The number of fused-ring (bicyclic) bond motifs is 1. The van der Waals surface area contributed by atoms with Gasteiger partial charge in [-0.05, 0) is 49.4 Å². The molecule has 1 aromatic heterocycles. The fraction of sp³-hybridized carbons (Fsp3) is 0.111. The van der Waals surface area contributed by atoms with E-state index < -0.39 is 53.4 Å². The van der Waals surface area contributed by atoms with E-state index >= 15 is 4.39 Å². The van der Waals surface area contributed by atoms with E-state index in [1.54, 1.807) is 0 Å². The summed E-state index contributed by atoms with van der Waals surface area (Å²) in [5.41, 5.74) is -0.388. The molecule has 0 atom stereocenters. The molecule has 14 heteroatoms. The molecule has 0 saturated carbocycles. The standard InChI is InChI=1S/C27H15Cl2F4N3O5/c1-12(37)14-3-5-20-18(8-14)23(41-26(39)27(31,32)33)22(36-20)25(38)35-11-15-2-4-19(29)24(21(15)30)40-17-7-13(10-34)6-16(28)9-17/h2-9,36H,11H2,1H3,(H,35,38). The fourth-order valence-corrected chi connectivity index (χ4v) is 4.08. The molecule has 0 aliphatic heterocycles. The second-order valence-corrected chi connectivity index (χ2v) is 9.30. The average Bonchev–Trinajstić information content (AvgIpc) is 3.27. The molecule has 210 valence electrons. The van der Waals surface area contributed by atoms with Crippen molar-refractivity contribution < 1.29 is 41.4 Å². The number of nitriles is 1. The summed E-state index contributed by atoms with van der Waals surface area (Å²) >= 11 is 12.0. The van der Waals surface area contributed by atoms with Crippen LogP contribution in [0.25, 0.3) is 10.9 Å². The summed E-state index contributed by atoms with van der Waals surface area (Å²) in [5.74, 6) is -6.25. The Morgan fingerprint density at radius 2 is 1.78 bits per heavy atom. The Labute approximate surface area is 238 Å². The lowest BCUT2D eigenvalue weighted by Crippen LogP contribution is -2.29. The van der Waals surface area contributed by atoms with Crippen molar-refractivity contribution in [1.82, 2.24) is 10.3 Å². The summed E-state index contributed by atoms with van der Waals surface area (Å²) < 4.78 is 64.2. The van der Waals surface area contributed by atoms with E-state index in [4.69, 9.17) is 33.2 Å². The van der Waals surface area contributed by atoms with Gasteiger partial charge in [-0.1, -0.05) is 29.3 Å². The molecule has 1 heterocycles. The van der Waals surface area contributed by atoms with Crippen LogP contribution in [0.15, 0.2) is 48.5 Å². The second kappa shape index (κ2) is 11.5. The molecule has 8 nitrogen and oxygen atoms in total. The highest BCUT2D eigenvalue weighted by atomic mass is 35.5. The van der Waals surface area contributed by atoms with Crippen LogP contribution in [0.4, 0.5) is 17.6 Å². The molecule has 0 spiro atoms. The van der Waals surface area contributed by atoms with Gasteiger partial charge in [0.25, 0.3) is 5.91 Å². The number of amides is 1. The first-order chi connectivity index (χ1) is 19.3. The highest BCUT2D eigenvalue weighted by molar-refractivity contribution is 6.32. The number of aromatic nitrogens is 1. The highest BCUT2D eigenvalue weighted by Gasteiger charge is 2.42. The lowest BCUT2D eigenvalue weighted by atomic mass is 10.1. The van der Waals surface area contributed by atoms with Crippen molar-refractivity contribution in [1.29, 1.82) is 5.26 Å². The monoisotopic (exact) mass is 607 g/mol. The number of nitrogens with one attached hydrogen (secondary N) is 2. The maximum atomic E-state index is 15.3. The number of benzene rings is 3. The smallest absolute Gasteiger partial charge is 0.453 e. The summed E-state index contributed by atoms with van der Waals surface area (Å²) in [5, 5.41) is 11.3. The number of nitrogens with zero attached hydrogens (tertiary/aromatic N) is 1. The van der Waals surface area contributed by atoms with Gasteiger partial charge in [-0.3, -0.25) is 9.59 Å². The third-order valence-electron chi connectivity index (χ3n) is 5.60. The molecule has 0 bridgehead atoms. The van der Waals surface area contributed by atoms with Crippen LogP contribution in [-0.2, 0) is 11.3 Å². The Morgan fingerprint density at radius 3 is 2.44 bits per heavy atom. The van der Waals surface area contributed by atoms with E-state index in [1.807, 2.05) is 6.07 Å². The van der Waals surface area contributed by atoms with Crippen molar-refractivity contribution in [3.63, 3.8) is 0 Å². The minimum atomic E-state index is -5.38. The molecule has 2 N–H and O–H groups in total. The van der Waals surface area contributed by atoms with Gasteiger partial charge in [0.15, 0.2) is 23.1 Å². The van der Waals surface area contributed by atoms with Gasteiger partial charge in [-0.15, -0.1) is 0 Å². The topological polar surface area (TPSA) is 121 Å². The van der Waals surface area contributed by atoms with Crippen molar-refractivity contribution in [3.05, 3.63) is 86.8 Å². The van der Waals surface area contributed by atoms with Crippen LogP contribution < -0.4 is 14.8 Å². The van der Waals surface area contributed by atoms with Crippen LogP contribution in [0.5, 0.6) is 17.2 Å². The first-order valence-corrected chi connectivity index (χ1v) is 12.1. The normalized spacial score (nSPS) is 11.2. The molecule has 0 fully saturated rings. The molecule has 0 radical (unpaired) electrons. The number of halogens is 6. The largest absolute Gasteiger partial charge is 0.491 e. The summed E-state index contributed by atoms with van der Waals surface area (Å²) in [7, 11) is 0. The summed E-state index contributed by atoms with van der Waals surface area (Å²) in [6.07, 6.45) is -5.38. The number of hydrogen-bond acceptors (Lipinski definition) is 6. The number of carbonyl (C=O) groups is 3. The molecule has 4 aromatic rings. The van der Waals surface area contributed by atoms with E-state index in [-0.39, 0.29) is 43.4 Å². The number of alkyl halides is 3.